The van der Waals surface area contributed by atoms with Crippen LogP contribution in [0.1, 0.15) is 5.56 Å². The number of nitrogens with one attached hydrogen (secondary N) is 1. The third-order valence-corrected chi connectivity index (χ3v) is 3.87. The molecule has 1 heterocycles. The molecular formula is C16H18N2O4S. The fourth-order valence-corrected chi connectivity index (χ4v) is 2.71. The van der Waals surface area contributed by atoms with Crippen LogP contribution in [0.25, 0.3) is 0 Å². The van der Waals surface area contributed by atoms with Crippen LogP contribution in [0, 0.1) is 0 Å². The molecule has 23 heavy (non-hydrogen) atoms. The maximum atomic E-state index is 12.2. The lowest BCUT2D eigenvalue weighted by atomic mass is 10.1. The second-order valence-electron chi connectivity index (χ2n) is 4.72. The highest BCUT2D eigenvalue weighted by atomic mass is 32.2. The van der Waals surface area contributed by atoms with Crippen LogP contribution in [0.2, 0.25) is 0 Å². The van der Waals surface area contributed by atoms with E-state index in [0.29, 0.717) is 29.7 Å². The third kappa shape index (κ3) is 4.29. The largest absolute Gasteiger partial charge is 0.486 e. The molecule has 1 aromatic rings. The van der Waals surface area contributed by atoms with Crippen molar-refractivity contribution in [2.75, 3.05) is 19.5 Å². The number of carbonyl (C=O) groups is 2. The van der Waals surface area contributed by atoms with Gasteiger partial charge in [0.25, 0.3) is 5.91 Å². The maximum absolute atomic E-state index is 12.2. The van der Waals surface area contributed by atoms with Crippen molar-refractivity contribution in [1.82, 2.24) is 5.32 Å². The van der Waals surface area contributed by atoms with Crippen molar-refractivity contribution in [2.45, 2.75) is 6.42 Å². The highest BCUT2D eigenvalue weighted by molar-refractivity contribution is 8.02. The Hall–Kier alpha value is -2.41. The molecule has 2 rings (SSSR count). The van der Waals surface area contributed by atoms with E-state index < -0.39 is 5.91 Å². The summed E-state index contributed by atoms with van der Waals surface area (Å²) in [6.45, 7) is 4.55. The molecule has 1 aliphatic heterocycles. The van der Waals surface area contributed by atoms with Gasteiger partial charge < -0.3 is 20.5 Å². The van der Waals surface area contributed by atoms with Gasteiger partial charge in [-0.25, -0.2) is 0 Å². The number of carbonyl (C=O) groups excluding carboxylic acids is 2. The number of rotatable bonds is 6. The minimum Gasteiger partial charge on any atom is -0.486 e. The molecular weight excluding hydrogens is 316 g/mol. The van der Waals surface area contributed by atoms with E-state index in [2.05, 4.69) is 11.9 Å². The van der Waals surface area contributed by atoms with Gasteiger partial charge in [-0.15, -0.1) is 11.8 Å². The average Bonchev–Trinajstić information content (AvgIpc) is 2.54. The first kappa shape index (κ1) is 17.0. The van der Waals surface area contributed by atoms with Crippen LogP contribution < -0.4 is 20.5 Å². The molecule has 0 aromatic heterocycles. The summed E-state index contributed by atoms with van der Waals surface area (Å²) in [7, 11) is 0. The lowest BCUT2D eigenvalue weighted by Crippen LogP contribution is -2.27. The van der Waals surface area contributed by atoms with Gasteiger partial charge in [0.1, 0.15) is 13.2 Å². The van der Waals surface area contributed by atoms with Crippen LogP contribution in [-0.4, -0.2) is 31.3 Å². The maximum Gasteiger partial charge on any atom is 0.251 e. The number of nitrogens with two attached hydrogens (primary N) is 1. The van der Waals surface area contributed by atoms with E-state index >= 15 is 0 Å². The molecule has 0 aliphatic carbocycles. The molecule has 0 saturated heterocycles. The van der Waals surface area contributed by atoms with E-state index in [9.17, 15) is 9.59 Å². The number of hydrogen-bond donors (Lipinski definition) is 2. The van der Waals surface area contributed by atoms with Gasteiger partial charge in [-0.1, -0.05) is 18.7 Å². The van der Waals surface area contributed by atoms with E-state index in [1.54, 1.807) is 24.5 Å². The number of amides is 2. The lowest BCUT2D eigenvalue weighted by molar-refractivity contribution is -0.119. The van der Waals surface area contributed by atoms with Gasteiger partial charge in [-0.05, 0) is 24.0 Å². The van der Waals surface area contributed by atoms with Crippen molar-refractivity contribution >= 4 is 23.6 Å². The first-order valence-electron chi connectivity index (χ1n) is 6.94. The number of benzene rings is 1. The Morgan fingerprint density at radius 3 is 2.65 bits per heavy atom. The van der Waals surface area contributed by atoms with Crippen LogP contribution >= 0.6 is 11.8 Å². The second-order valence-corrected chi connectivity index (χ2v) is 5.53. The van der Waals surface area contributed by atoms with E-state index in [1.165, 1.54) is 17.8 Å². The highest BCUT2D eigenvalue weighted by Gasteiger charge is 2.15. The van der Waals surface area contributed by atoms with E-state index in [-0.39, 0.29) is 17.9 Å². The normalized spacial score (nSPS) is 13.8. The molecule has 0 unspecified atom stereocenters. The van der Waals surface area contributed by atoms with Gasteiger partial charge in [0.05, 0.1) is 17.0 Å². The van der Waals surface area contributed by atoms with Gasteiger partial charge in [-0.2, -0.15) is 0 Å². The summed E-state index contributed by atoms with van der Waals surface area (Å²) in [5.41, 5.74) is 6.24. The number of fused-ring (bicyclic) bond motifs is 1. The van der Waals surface area contributed by atoms with Crippen LogP contribution in [0.3, 0.4) is 0 Å². The number of ether oxygens (including phenoxy) is 2. The quantitative estimate of drug-likeness (QED) is 0.605. The predicted molar refractivity (Wildman–Crippen MR) is 89.2 cm³/mol. The Labute approximate surface area is 138 Å². The molecule has 7 heteroatoms. The summed E-state index contributed by atoms with van der Waals surface area (Å²) in [6.07, 6.45) is 3.22. The summed E-state index contributed by atoms with van der Waals surface area (Å²) in [6, 6.07) is 5.36. The zero-order valence-corrected chi connectivity index (χ0v) is 13.6. The molecule has 6 nitrogen and oxygen atoms in total. The Morgan fingerprint density at radius 2 is 2.04 bits per heavy atom. The first-order chi connectivity index (χ1) is 11.0. The summed E-state index contributed by atoms with van der Waals surface area (Å²) in [5, 5.41) is 3.07. The van der Waals surface area contributed by atoms with Crippen molar-refractivity contribution in [3.8, 4) is 11.5 Å². The molecule has 0 spiro atoms. The third-order valence-electron chi connectivity index (χ3n) is 3.14. The van der Waals surface area contributed by atoms with Crippen molar-refractivity contribution in [2.24, 2.45) is 5.73 Å². The van der Waals surface area contributed by atoms with Crippen molar-refractivity contribution in [3.63, 3.8) is 0 Å². The SMILES string of the molecule is C=C/C(C(N)=O)=C(/NC(=O)Cc1ccc2c(c1)OCCO2)SC. The molecule has 1 aliphatic rings. The molecule has 0 atom stereocenters. The molecule has 122 valence electrons. The highest BCUT2D eigenvalue weighted by Crippen LogP contribution is 2.30. The molecule has 0 bridgehead atoms. The van der Waals surface area contributed by atoms with E-state index in [0.717, 1.165) is 5.56 Å². The summed E-state index contributed by atoms with van der Waals surface area (Å²) < 4.78 is 10.9. The molecule has 0 saturated carbocycles. The van der Waals surface area contributed by atoms with Crippen LogP contribution in [-0.2, 0) is 16.0 Å². The number of hydrogen-bond acceptors (Lipinski definition) is 5. The predicted octanol–water partition coefficient (Wildman–Crippen LogP) is 1.36. The second kappa shape index (κ2) is 7.73. The molecule has 1 aromatic carbocycles. The number of thioether (sulfide) groups is 1. The average molecular weight is 334 g/mol. The minimum atomic E-state index is -0.635. The molecule has 0 radical (unpaired) electrons. The fourth-order valence-electron chi connectivity index (χ4n) is 2.09. The van der Waals surface area contributed by atoms with Gasteiger partial charge in [0.15, 0.2) is 11.5 Å². The topological polar surface area (TPSA) is 90.7 Å². The van der Waals surface area contributed by atoms with Crippen molar-refractivity contribution in [3.05, 3.63) is 47.0 Å². The van der Waals surface area contributed by atoms with Crippen molar-refractivity contribution < 1.29 is 19.1 Å². The molecule has 0 fully saturated rings. The summed E-state index contributed by atoms with van der Waals surface area (Å²) in [5.74, 6) is 0.412. The zero-order valence-electron chi connectivity index (χ0n) is 12.8. The smallest absolute Gasteiger partial charge is 0.251 e. The standard InChI is InChI=1S/C16H18N2O4S/c1-3-11(15(17)20)16(23-2)18-14(19)9-10-4-5-12-13(8-10)22-7-6-21-12/h3-5,8H,1,6-7,9H2,2H3,(H2,17,20)(H,18,19)/b16-11+. The first-order valence-corrected chi connectivity index (χ1v) is 8.16. The molecule has 2 amide bonds. The Kier molecular flexibility index (Phi) is 5.70. The molecule has 3 N–H and O–H groups in total. The number of primary amides is 1. The Bertz CT molecular complexity index is 670. The van der Waals surface area contributed by atoms with Gasteiger partial charge in [0, 0.05) is 0 Å². The van der Waals surface area contributed by atoms with Crippen LogP contribution in [0.5, 0.6) is 11.5 Å². The van der Waals surface area contributed by atoms with E-state index in [1.807, 2.05) is 0 Å². The van der Waals surface area contributed by atoms with Gasteiger partial charge in [0.2, 0.25) is 5.91 Å². The Balaban J connectivity index is 2.10. The summed E-state index contributed by atoms with van der Waals surface area (Å²) >= 11 is 1.22. The van der Waals surface area contributed by atoms with E-state index in [4.69, 9.17) is 15.2 Å². The zero-order chi connectivity index (χ0) is 16.8. The van der Waals surface area contributed by atoms with Crippen molar-refractivity contribution in [1.29, 1.82) is 0 Å². The lowest BCUT2D eigenvalue weighted by Gasteiger charge is -2.18. The van der Waals surface area contributed by atoms with Gasteiger partial charge >= 0.3 is 0 Å². The fraction of sp³-hybridized carbons (Fsp3) is 0.250. The minimum absolute atomic E-state index is 0.143. The Morgan fingerprint density at radius 1 is 1.35 bits per heavy atom. The van der Waals surface area contributed by atoms with Crippen LogP contribution in [0.4, 0.5) is 0 Å². The monoisotopic (exact) mass is 334 g/mol. The summed E-state index contributed by atoms with van der Waals surface area (Å²) in [4.78, 5) is 23.5. The van der Waals surface area contributed by atoms with Gasteiger partial charge in [-0.3, -0.25) is 9.59 Å². The van der Waals surface area contributed by atoms with Crippen LogP contribution in [0.15, 0.2) is 41.5 Å².